The molecule has 1 aromatic rings. The average molecular weight is 267 g/mol. The van der Waals surface area contributed by atoms with Crippen molar-refractivity contribution in [3.8, 4) is 0 Å². The lowest BCUT2D eigenvalue weighted by Crippen LogP contribution is -2.66. The van der Waals surface area contributed by atoms with Gasteiger partial charge in [0.2, 0.25) is 0 Å². The maximum absolute atomic E-state index is 2.93. The number of nitrogens with zero attached hydrogens (tertiary/aromatic N) is 1. The molecule has 1 aromatic carbocycles. The minimum Gasteiger partial charge on any atom is -0.292 e. The fourth-order valence-electron chi connectivity index (χ4n) is 6.57. The van der Waals surface area contributed by atoms with Gasteiger partial charge in [-0.2, -0.15) is 0 Å². The predicted molar refractivity (Wildman–Crippen MR) is 81.7 cm³/mol. The summed E-state index contributed by atoms with van der Waals surface area (Å²) < 4.78 is 0. The summed E-state index contributed by atoms with van der Waals surface area (Å²) >= 11 is 0. The summed E-state index contributed by atoms with van der Waals surface area (Å²) in [4.78, 5) is 2.93. The highest BCUT2D eigenvalue weighted by Gasteiger charge is 2.62. The first kappa shape index (κ1) is 11.8. The second-order valence-electron chi connectivity index (χ2n) is 7.77. The highest BCUT2D eigenvalue weighted by Crippen LogP contribution is 2.65. The predicted octanol–water partition coefficient (Wildman–Crippen LogP) is 4.28. The lowest BCUT2D eigenvalue weighted by molar-refractivity contribution is -0.0858. The van der Waals surface area contributed by atoms with Crippen LogP contribution in [0.1, 0.15) is 62.6 Å². The third-order valence-electron chi connectivity index (χ3n) is 7.20. The summed E-state index contributed by atoms with van der Waals surface area (Å²) in [5, 5.41) is 0. The molecule has 6 rings (SSSR count). The van der Waals surface area contributed by atoms with Crippen molar-refractivity contribution in [2.75, 3.05) is 6.54 Å². The van der Waals surface area contributed by atoms with E-state index in [0.29, 0.717) is 5.41 Å². The molecular weight excluding hydrogens is 242 g/mol. The SMILES string of the molecule is C[C@@]12c3ccccc3[C@@H]([C@H]3CCC[C@H]31)N1CCCCC12. The van der Waals surface area contributed by atoms with Gasteiger partial charge in [0.05, 0.1) is 0 Å². The molecule has 1 nitrogen and oxygen atoms in total. The van der Waals surface area contributed by atoms with Crippen molar-refractivity contribution in [1.29, 1.82) is 0 Å². The van der Waals surface area contributed by atoms with Crippen LogP contribution in [0, 0.1) is 11.8 Å². The molecule has 0 amide bonds. The Labute approximate surface area is 122 Å². The van der Waals surface area contributed by atoms with E-state index in [1.54, 1.807) is 11.1 Å². The normalized spacial score (nSPS) is 45.9. The van der Waals surface area contributed by atoms with Crippen LogP contribution in [0.25, 0.3) is 0 Å². The Bertz CT molecular complexity index is 550. The van der Waals surface area contributed by atoms with Crippen LogP contribution in [0.4, 0.5) is 0 Å². The highest BCUT2D eigenvalue weighted by molar-refractivity contribution is 5.46. The standard InChI is InChI=1S/C19H25N/c1-19-15-9-3-2-7-13(15)18(14-8-6-10-16(14)19)20-12-5-4-11-17(19)20/h2-3,7,9,14,16-18H,4-6,8,10-12H2,1H3/t14-,16+,17?,18-,19+/m0/s1. The van der Waals surface area contributed by atoms with Gasteiger partial charge < -0.3 is 0 Å². The molecule has 0 spiro atoms. The molecule has 1 unspecified atom stereocenters. The molecule has 3 fully saturated rings. The van der Waals surface area contributed by atoms with Gasteiger partial charge >= 0.3 is 0 Å². The van der Waals surface area contributed by atoms with E-state index in [9.17, 15) is 0 Å². The zero-order valence-electron chi connectivity index (χ0n) is 12.5. The van der Waals surface area contributed by atoms with Crippen molar-refractivity contribution >= 4 is 0 Å². The molecule has 0 radical (unpaired) electrons. The van der Waals surface area contributed by atoms with E-state index in [-0.39, 0.29) is 0 Å². The summed E-state index contributed by atoms with van der Waals surface area (Å²) in [5.41, 5.74) is 3.85. The fraction of sp³-hybridized carbons (Fsp3) is 0.684. The molecule has 0 N–H and O–H groups in total. The topological polar surface area (TPSA) is 3.24 Å². The Morgan fingerprint density at radius 3 is 2.90 bits per heavy atom. The Kier molecular flexibility index (Phi) is 2.29. The molecule has 5 atom stereocenters. The van der Waals surface area contributed by atoms with Gasteiger partial charge in [-0.3, -0.25) is 4.90 Å². The monoisotopic (exact) mass is 267 g/mol. The number of hydrogen-bond donors (Lipinski definition) is 0. The van der Waals surface area contributed by atoms with Crippen LogP contribution in [0.3, 0.4) is 0 Å². The van der Waals surface area contributed by atoms with Crippen LogP contribution >= 0.6 is 0 Å². The van der Waals surface area contributed by atoms with Gasteiger partial charge in [0.1, 0.15) is 0 Å². The molecule has 5 aliphatic rings. The summed E-state index contributed by atoms with van der Waals surface area (Å²) in [6.45, 7) is 3.97. The first-order valence-electron chi connectivity index (χ1n) is 8.67. The summed E-state index contributed by atoms with van der Waals surface area (Å²) in [5.74, 6) is 1.91. The van der Waals surface area contributed by atoms with E-state index in [2.05, 4.69) is 36.1 Å². The van der Waals surface area contributed by atoms with Crippen LogP contribution in [-0.4, -0.2) is 17.5 Å². The molecule has 3 heterocycles. The van der Waals surface area contributed by atoms with E-state index >= 15 is 0 Å². The van der Waals surface area contributed by atoms with Crippen LogP contribution in [0.5, 0.6) is 0 Å². The van der Waals surface area contributed by atoms with Crippen LogP contribution < -0.4 is 0 Å². The van der Waals surface area contributed by atoms with Gasteiger partial charge in [-0.25, -0.2) is 0 Å². The van der Waals surface area contributed by atoms with Gasteiger partial charge in [0.25, 0.3) is 0 Å². The third kappa shape index (κ3) is 1.20. The minimum atomic E-state index is 0.437. The van der Waals surface area contributed by atoms with Gasteiger partial charge in [-0.1, -0.05) is 44.0 Å². The fourth-order valence-corrected chi connectivity index (χ4v) is 6.57. The van der Waals surface area contributed by atoms with Crippen LogP contribution in [-0.2, 0) is 5.41 Å². The van der Waals surface area contributed by atoms with Crippen molar-refractivity contribution in [1.82, 2.24) is 4.90 Å². The molecule has 0 aromatic heterocycles. The van der Waals surface area contributed by atoms with E-state index in [0.717, 1.165) is 23.9 Å². The Hall–Kier alpha value is -0.820. The molecule has 1 saturated carbocycles. The maximum Gasteiger partial charge on any atom is 0.0385 e. The van der Waals surface area contributed by atoms with E-state index in [4.69, 9.17) is 0 Å². The highest BCUT2D eigenvalue weighted by atomic mass is 15.2. The third-order valence-corrected chi connectivity index (χ3v) is 7.20. The zero-order valence-corrected chi connectivity index (χ0v) is 12.5. The zero-order chi connectivity index (χ0) is 13.3. The summed E-state index contributed by atoms with van der Waals surface area (Å²) in [6.07, 6.45) is 8.73. The Morgan fingerprint density at radius 1 is 1.05 bits per heavy atom. The summed E-state index contributed by atoms with van der Waals surface area (Å²) in [6, 6.07) is 11.0. The van der Waals surface area contributed by atoms with Crippen molar-refractivity contribution < 1.29 is 0 Å². The molecule has 20 heavy (non-hydrogen) atoms. The Balaban J connectivity index is 1.77. The smallest absolute Gasteiger partial charge is 0.0385 e. The molecule has 2 bridgehead atoms. The maximum atomic E-state index is 2.93. The molecule has 3 aliphatic heterocycles. The molecule has 2 saturated heterocycles. The number of hydrogen-bond acceptors (Lipinski definition) is 1. The van der Waals surface area contributed by atoms with Crippen LogP contribution in [0.2, 0.25) is 0 Å². The quantitative estimate of drug-likeness (QED) is 0.678. The lowest BCUT2D eigenvalue weighted by atomic mass is 9.51. The van der Waals surface area contributed by atoms with Crippen molar-refractivity contribution in [2.24, 2.45) is 11.8 Å². The van der Waals surface area contributed by atoms with E-state index in [1.807, 2.05) is 0 Å². The average Bonchev–Trinajstić information content (AvgIpc) is 2.99. The minimum absolute atomic E-state index is 0.437. The number of piperidine rings is 2. The van der Waals surface area contributed by atoms with Gasteiger partial charge in [-0.15, -0.1) is 0 Å². The lowest BCUT2D eigenvalue weighted by Gasteiger charge is -2.65. The van der Waals surface area contributed by atoms with Crippen molar-refractivity contribution in [2.45, 2.75) is 62.9 Å². The van der Waals surface area contributed by atoms with Crippen molar-refractivity contribution in [3.05, 3.63) is 35.4 Å². The van der Waals surface area contributed by atoms with Gasteiger partial charge in [0.15, 0.2) is 0 Å². The molecule has 106 valence electrons. The first-order valence-corrected chi connectivity index (χ1v) is 8.67. The van der Waals surface area contributed by atoms with Crippen molar-refractivity contribution in [3.63, 3.8) is 0 Å². The van der Waals surface area contributed by atoms with Gasteiger partial charge in [0, 0.05) is 17.5 Å². The second-order valence-corrected chi connectivity index (χ2v) is 7.77. The summed E-state index contributed by atoms with van der Waals surface area (Å²) in [7, 11) is 0. The molecule has 1 heteroatoms. The largest absolute Gasteiger partial charge is 0.292 e. The van der Waals surface area contributed by atoms with E-state index in [1.165, 1.54) is 45.1 Å². The second kappa shape index (κ2) is 3.88. The molecule has 2 aliphatic carbocycles. The number of rotatable bonds is 0. The van der Waals surface area contributed by atoms with Crippen LogP contribution in [0.15, 0.2) is 24.3 Å². The van der Waals surface area contributed by atoms with E-state index < -0.39 is 0 Å². The number of benzene rings is 1. The first-order chi connectivity index (χ1) is 9.82. The molecular formula is C19H25N. The van der Waals surface area contributed by atoms with Gasteiger partial charge in [-0.05, 0) is 55.2 Å². The Morgan fingerprint density at radius 2 is 1.95 bits per heavy atom.